The first-order valence-electron chi connectivity index (χ1n) is 17.5. The van der Waals surface area contributed by atoms with Crippen LogP contribution in [0.25, 0.3) is 11.1 Å². The molecule has 9 nitrogen and oxygen atoms in total. The van der Waals surface area contributed by atoms with E-state index in [9.17, 15) is 19.8 Å². The highest BCUT2D eigenvalue weighted by Gasteiger charge is 2.41. The summed E-state index contributed by atoms with van der Waals surface area (Å²) in [5.41, 5.74) is 5.66. The number of carbonyl (C=O) groups is 2. The van der Waals surface area contributed by atoms with Gasteiger partial charge < -0.3 is 35.0 Å². The van der Waals surface area contributed by atoms with Crippen LogP contribution in [0.3, 0.4) is 0 Å². The summed E-state index contributed by atoms with van der Waals surface area (Å²) < 4.78 is 13.4. The molecule has 0 bridgehead atoms. The molecule has 0 saturated carbocycles. The van der Waals surface area contributed by atoms with Crippen molar-refractivity contribution in [3.8, 4) is 11.1 Å². The molecule has 2 saturated heterocycles. The molecule has 4 aromatic rings. The molecule has 2 fully saturated rings. The van der Waals surface area contributed by atoms with Crippen molar-refractivity contribution >= 4 is 23.5 Å². The number of rotatable bonds is 12. The number of benzene rings is 4. The minimum absolute atomic E-state index is 0.0241. The first-order valence-corrected chi connectivity index (χ1v) is 17.9. The molecular weight excluding hydrogens is 668 g/mol. The second-order valence-electron chi connectivity index (χ2n) is 13.7. The maximum absolute atomic E-state index is 12.0. The molecule has 6 rings (SSSR count). The van der Waals surface area contributed by atoms with Crippen LogP contribution in [-0.4, -0.2) is 57.8 Å². The first-order chi connectivity index (χ1) is 24.6. The number of carboxylic acid groups (broad SMARTS) is 1. The number of nitrogens with one attached hydrogen (secondary N) is 1. The molecule has 51 heavy (non-hydrogen) atoms. The third-order valence-electron chi connectivity index (χ3n) is 10.1. The number of piperidine rings is 1. The number of halogens is 1. The SMILES string of the molecule is C[C@@H]1[C@H](CN2CCC(O)(c3ccc(Cl)cc3)CC2)O[C@H](c2ccc(-c3cccc(CNC(=O)CCC(=O)O)c3)cc2)O[C@@H]1c1ccc(CO)cc1. The Morgan fingerprint density at radius 3 is 2.22 bits per heavy atom. The number of ether oxygens (including phenoxy) is 2. The van der Waals surface area contributed by atoms with Gasteiger partial charge in [-0.2, -0.15) is 0 Å². The standard InChI is InChI=1S/C41H45ClN2O7/c1-27-36(25-44-21-19-41(49,20-22-44)34-13-15-35(42)16-14-34)50-40(51-39(27)31-7-5-28(26-45)6-8-31)32-11-9-30(10-12-32)33-4-2-3-29(23-33)24-43-37(46)17-18-38(47)48/h2-16,23,27,36,39-40,45,49H,17-22,24-26H2,1H3,(H,43,46)(H,47,48)/t27-,36+,39+,40+/m1/s1. The Bertz CT molecular complexity index is 1770. The highest BCUT2D eigenvalue weighted by atomic mass is 35.5. The Morgan fingerprint density at radius 2 is 1.55 bits per heavy atom. The van der Waals surface area contributed by atoms with Crippen molar-refractivity contribution in [3.05, 3.63) is 130 Å². The highest BCUT2D eigenvalue weighted by Crippen LogP contribution is 2.43. The first kappa shape index (κ1) is 36.7. The molecule has 0 radical (unpaired) electrons. The number of carboxylic acids is 1. The van der Waals surface area contributed by atoms with E-state index >= 15 is 0 Å². The maximum atomic E-state index is 12.0. The van der Waals surface area contributed by atoms with Gasteiger partial charge in [0.05, 0.1) is 30.8 Å². The second-order valence-corrected chi connectivity index (χ2v) is 14.1. The molecule has 1 amide bonds. The minimum Gasteiger partial charge on any atom is -0.481 e. The minimum atomic E-state index is -0.997. The van der Waals surface area contributed by atoms with E-state index in [0.717, 1.165) is 52.0 Å². The predicted octanol–water partition coefficient (Wildman–Crippen LogP) is 6.76. The number of hydrogen-bond donors (Lipinski definition) is 4. The normalized spacial score (nSPS) is 22.0. The van der Waals surface area contributed by atoms with Crippen LogP contribution in [-0.2, 0) is 37.8 Å². The van der Waals surface area contributed by atoms with E-state index in [1.807, 2.05) is 97.1 Å². The number of nitrogens with zero attached hydrogens (tertiary/aromatic N) is 1. The fourth-order valence-corrected chi connectivity index (χ4v) is 7.07. The quantitative estimate of drug-likeness (QED) is 0.127. The molecule has 0 aromatic heterocycles. The molecule has 4 atom stereocenters. The molecule has 2 aliphatic rings. The largest absolute Gasteiger partial charge is 0.481 e. The number of likely N-dealkylation sites (tertiary alicyclic amines) is 1. The van der Waals surface area contributed by atoms with E-state index < -0.39 is 17.9 Å². The monoisotopic (exact) mass is 712 g/mol. The van der Waals surface area contributed by atoms with Gasteiger partial charge in [0.2, 0.25) is 5.91 Å². The van der Waals surface area contributed by atoms with Gasteiger partial charge in [-0.05, 0) is 64.4 Å². The van der Waals surface area contributed by atoms with Gasteiger partial charge in [0.25, 0.3) is 0 Å². The van der Waals surface area contributed by atoms with Crippen LogP contribution in [0, 0.1) is 5.92 Å². The topological polar surface area (TPSA) is 129 Å². The summed E-state index contributed by atoms with van der Waals surface area (Å²) in [5.74, 6) is -1.26. The van der Waals surface area contributed by atoms with Crippen LogP contribution in [0.2, 0.25) is 5.02 Å². The van der Waals surface area contributed by atoms with Crippen LogP contribution in [0.5, 0.6) is 0 Å². The zero-order valence-corrected chi connectivity index (χ0v) is 29.5. The lowest BCUT2D eigenvalue weighted by Crippen LogP contribution is -2.49. The number of aliphatic carboxylic acids is 1. The molecule has 0 aliphatic carbocycles. The number of aliphatic hydroxyl groups excluding tert-OH is 1. The van der Waals surface area contributed by atoms with Gasteiger partial charge >= 0.3 is 5.97 Å². The van der Waals surface area contributed by atoms with Crippen LogP contribution < -0.4 is 5.32 Å². The van der Waals surface area contributed by atoms with Crippen molar-refractivity contribution in [1.82, 2.24) is 10.2 Å². The van der Waals surface area contributed by atoms with Crippen molar-refractivity contribution in [2.75, 3.05) is 19.6 Å². The zero-order chi connectivity index (χ0) is 36.0. The summed E-state index contributed by atoms with van der Waals surface area (Å²) in [6, 6.07) is 31.4. The highest BCUT2D eigenvalue weighted by molar-refractivity contribution is 6.30. The van der Waals surface area contributed by atoms with Gasteiger partial charge in [-0.3, -0.25) is 9.59 Å². The van der Waals surface area contributed by atoms with Crippen molar-refractivity contribution in [3.63, 3.8) is 0 Å². The van der Waals surface area contributed by atoms with E-state index in [4.69, 9.17) is 26.2 Å². The van der Waals surface area contributed by atoms with Crippen molar-refractivity contribution in [1.29, 1.82) is 0 Å². The molecule has 2 heterocycles. The Hall–Kier alpha value is -4.09. The third-order valence-corrected chi connectivity index (χ3v) is 10.4. The van der Waals surface area contributed by atoms with Crippen molar-refractivity contribution in [2.24, 2.45) is 5.92 Å². The third kappa shape index (κ3) is 9.23. The molecule has 10 heteroatoms. The number of carbonyl (C=O) groups excluding carboxylic acids is 1. The summed E-state index contributed by atoms with van der Waals surface area (Å²) in [6.07, 6.45) is -0.0119. The molecule has 4 aromatic carbocycles. The molecular formula is C41H45ClN2O7. The molecule has 0 unspecified atom stereocenters. The lowest BCUT2D eigenvalue weighted by atomic mass is 9.84. The van der Waals surface area contributed by atoms with Crippen molar-refractivity contribution < 1.29 is 34.4 Å². The zero-order valence-electron chi connectivity index (χ0n) is 28.7. The van der Waals surface area contributed by atoms with Crippen LogP contribution in [0.1, 0.15) is 72.8 Å². The summed E-state index contributed by atoms with van der Waals surface area (Å²) >= 11 is 6.09. The van der Waals surface area contributed by atoms with Crippen molar-refractivity contribution in [2.45, 2.75) is 69.9 Å². The fourth-order valence-electron chi connectivity index (χ4n) is 6.94. The van der Waals surface area contributed by atoms with E-state index in [-0.39, 0.29) is 43.5 Å². The average molecular weight is 713 g/mol. The van der Waals surface area contributed by atoms with E-state index in [1.54, 1.807) is 0 Å². The molecule has 4 N–H and O–H groups in total. The summed E-state index contributed by atoms with van der Waals surface area (Å²) in [4.78, 5) is 25.2. The predicted molar refractivity (Wildman–Crippen MR) is 195 cm³/mol. The fraction of sp³-hybridized carbons (Fsp3) is 0.366. The van der Waals surface area contributed by atoms with Gasteiger partial charge in [0, 0.05) is 49.1 Å². The second kappa shape index (κ2) is 16.5. The van der Waals surface area contributed by atoms with E-state index in [0.29, 0.717) is 31.0 Å². The summed E-state index contributed by atoms with van der Waals surface area (Å²) in [5, 5.41) is 33.4. The van der Waals surface area contributed by atoms with Crippen LogP contribution in [0.4, 0.5) is 0 Å². The molecule has 268 valence electrons. The molecule has 2 aliphatic heterocycles. The number of hydrogen-bond acceptors (Lipinski definition) is 7. The van der Waals surface area contributed by atoms with Gasteiger partial charge in [-0.15, -0.1) is 0 Å². The van der Waals surface area contributed by atoms with Crippen LogP contribution in [0.15, 0.2) is 97.1 Å². The summed E-state index contributed by atoms with van der Waals surface area (Å²) in [7, 11) is 0. The van der Waals surface area contributed by atoms with E-state index in [2.05, 4.69) is 17.1 Å². The summed E-state index contributed by atoms with van der Waals surface area (Å²) in [6.45, 7) is 4.60. The Kier molecular flexibility index (Phi) is 11.9. The average Bonchev–Trinajstić information content (AvgIpc) is 3.15. The van der Waals surface area contributed by atoms with Gasteiger partial charge in [0.15, 0.2) is 6.29 Å². The smallest absolute Gasteiger partial charge is 0.303 e. The van der Waals surface area contributed by atoms with Gasteiger partial charge in [-0.25, -0.2) is 0 Å². The molecule has 0 spiro atoms. The van der Waals surface area contributed by atoms with E-state index in [1.165, 1.54) is 0 Å². The lowest BCUT2D eigenvalue weighted by molar-refractivity contribution is -0.277. The van der Waals surface area contributed by atoms with Crippen LogP contribution >= 0.6 is 11.6 Å². The van der Waals surface area contributed by atoms with Gasteiger partial charge in [0.1, 0.15) is 0 Å². The lowest BCUT2D eigenvalue weighted by Gasteiger charge is -2.45. The number of aliphatic hydroxyl groups is 2. The maximum Gasteiger partial charge on any atom is 0.303 e. The Morgan fingerprint density at radius 1 is 0.863 bits per heavy atom. The van der Waals surface area contributed by atoms with Gasteiger partial charge in [-0.1, -0.05) is 97.4 Å². The Labute approximate surface area is 303 Å². The number of amides is 1. The Balaban J connectivity index is 1.16.